The van der Waals surface area contributed by atoms with Gasteiger partial charge in [0.05, 0.1) is 17.0 Å². The zero-order valence-electron chi connectivity index (χ0n) is 13.0. The SMILES string of the molecule is C=CCN(C(=O)OC(C)(C)C)C(=O)c1ccc([N+](=O)[O-])cc1Br. The van der Waals surface area contributed by atoms with Crippen molar-refractivity contribution in [2.75, 3.05) is 6.54 Å². The zero-order valence-corrected chi connectivity index (χ0v) is 14.6. The second-order valence-electron chi connectivity index (χ2n) is 5.61. The van der Waals surface area contributed by atoms with E-state index in [1.54, 1.807) is 20.8 Å². The number of hydrogen-bond donors (Lipinski definition) is 0. The molecule has 0 atom stereocenters. The van der Waals surface area contributed by atoms with Crippen molar-refractivity contribution in [2.45, 2.75) is 26.4 Å². The molecule has 1 aromatic carbocycles. The van der Waals surface area contributed by atoms with Crippen LogP contribution in [0.1, 0.15) is 31.1 Å². The van der Waals surface area contributed by atoms with E-state index in [0.717, 1.165) is 4.90 Å². The van der Waals surface area contributed by atoms with Crippen molar-refractivity contribution in [2.24, 2.45) is 0 Å². The number of halogens is 1. The maximum Gasteiger partial charge on any atom is 0.417 e. The van der Waals surface area contributed by atoms with E-state index in [1.807, 2.05) is 0 Å². The Bertz CT molecular complexity index is 652. The highest BCUT2D eigenvalue weighted by Gasteiger charge is 2.28. The van der Waals surface area contributed by atoms with E-state index in [-0.39, 0.29) is 22.3 Å². The van der Waals surface area contributed by atoms with E-state index < -0.39 is 22.5 Å². The van der Waals surface area contributed by atoms with E-state index in [9.17, 15) is 19.7 Å². The molecule has 0 saturated carbocycles. The lowest BCUT2D eigenvalue weighted by Crippen LogP contribution is -2.41. The Morgan fingerprint density at radius 1 is 1.43 bits per heavy atom. The molecular formula is C15H17BrN2O5. The van der Waals surface area contributed by atoms with Crippen LogP contribution in [-0.2, 0) is 4.74 Å². The topological polar surface area (TPSA) is 89.8 Å². The lowest BCUT2D eigenvalue weighted by Gasteiger charge is -2.25. The summed E-state index contributed by atoms with van der Waals surface area (Å²) in [5.74, 6) is -0.638. The number of benzene rings is 1. The Hall–Kier alpha value is -2.22. The molecule has 0 aromatic heterocycles. The number of non-ortho nitro benzene ring substituents is 1. The number of carbonyl (C=O) groups excluding carboxylic acids is 2. The third kappa shape index (κ3) is 5.17. The molecule has 0 N–H and O–H groups in total. The van der Waals surface area contributed by atoms with Gasteiger partial charge in [0.15, 0.2) is 0 Å². The average Bonchev–Trinajstić information content (AvgIpc) is 2.41. The van der Waals surface area contributed by atoms with E-state index in [0.29, 0.717) is 0 Å². The molecule has 0 aliphatic heterocycles. The van der Waals surface area contributed by atoms with Crippen molar-refractivity contribution in [1.29, 1.82) is 0 Å². The summed E-state index contributed by atoms with van der Waals surface area (Å²) in [5.41, 5.74) is -0.812. The minimum Gasteiger partial charge on any atom is -0.443 e. The van der Waals surface area contributed by atoms with Crippen molar-refractivity contribution >= 4 is 33.6 Å². The fourth-order valence-corrected chi connectivity index (χ4v) is 2.16. The number of carbonyl (C=O) groups is 2. The number of nitro groups is 1. The minimum absolute atomic E-state index is 0.0445. The molecule has 0 spiro atoms. The van der Waals surface area contributed by atoms with Gasteiger partial charge in [0, 0.05) is 16.6 Å². The van der Waals surface area contributed by atoms with Crippen LogP contribution in [0, 0.1) is 10.1 Å². The first-order valence-corrected chi connectivity index (χ1v) is 7.46. The Morgan fingerprint density at radius 2 is 2.04 bits per heavy atom. The van der Waals surface area contributed by atoms with Crippen LogP contribution in [0.5, 0.6) is 0 Å². The number of rotatable bonds is 4. The summed E-state index contributed by atoms with van der Waals surface area (Å²) in [6.07, 6.45) is 0.578. The Balaban J connectivity index is 3.13. The second kappa shape index (κ2) is 7.36. The second-order valence-corrected chi connectivity index (χ2v) is 6.46. The van der Waals surface area contributed by atoms with Gasteiger partial charge in [-0.05, 0) is 42.8 Å². The van der Waals surface area contributed by atoms with Crippen LogP contribution in [0.2, 0.25) is 0 Å². The van der Waals surface area contributed by atoms with Crippen molar-refractivity contribution < 1.29 is 19.2 Å². The molecule has 0 saturated heterocycles. The van der Waals surface area contributed by atoms with Crippen LogP contribution in [0.25, 0.3) is 0 Å². The van der Waals surface area contributed by atoms with Gasteiger partial charge >= 0.3 is 6.09 Å². The highest BCUT2D eigenvalue weighted by Crippen LogP contribution is 2.25. The van der Waals surface area contributed by atoms with Gasteiger partial charge in [-0.25, -0.2) is 9.69 Å². The maximum atomic E-state index is 12.5. The Kier molecular flexibility index (Phi) is 6.03. The van der Waals surface area contributed by atoms with Crippen LogP contribution < -0.4 is 0 Å². The molecule has 0 fully saturated rings. The maximum absolute atomic E-state index is 12.5. The fourth-order valence-electron chi connectivity index (χ4n) is 1.62. The summed E-state index contributed by atoms with van der Waals surface area (Å²) in [7, 11) is 0. The summed E-state index contributed by atoms with van der Waals surface area (Å²) in [6.45, 7) is 8.52. The van der Waals surface area contributed by atoms with Gasteiger partial charge < -0.3 is 4.74 Å². The number of hydrogen-bond acceptors (Lipinski definition) is 5. The molecule has 0 aliphatic rings. The average molecular weight is 385 g/mol. The van der Waals surface area contributed by atoms with Gasteiger partial charge in [0.25, 0.3) is 11.6 Å². The van der Waals surface area contributed by atoms with E-state index in [2.05, 4.69) is 22.5 Å². The molecule has 1 aromatic rings. The molecule has 0 unspecified atom stereocenters. The normalized spacial score (nSPS) is 10.8. The highest BCUT2D eigenvalue weighted by atomic mass is 79.9. The van der Waals surface area contributed by atoms with Crippen LogP contribution >= 0.6 is 15.9 Å². The third-order valence-corrected chi connectivity index (χ3v) is 3.22. The number of nitro benzene ring substituents is 1. The molecule has 0 radical (unpaired) electrons. The molecule has 1 rings (SSSR count). The first-order chi connectivity index (χ1) is 10.6. The lowest BCUT2D eigenvalue weighted by atomic mass is 10.2. The van der Waals surface area contributed by atoms with E-state index in [4.69, 9.17) is 4.74 Å². The molecule has 2 amide bonds. The zero-order chi connectivity index (χ0) is 17.8. The molecule has 7 nitrogen and oxygen atoms in total. The predicted molar refractivity (Wildman–Crippen MR) is 88.3 cm³/mol. The first-order valence-electron chi connectivity index (χ1n) is 6.66. The molecule has 0 aliphatic carbocycles. The quantitative estimate of drug-likeness (QED) is 0.445. The highest BCUT2D eigenvalue weighted by molar-refractivity contribution is 9.10. The van der Waals surface area contributed by atoms with Crippen molar-refractivity contribution in [3.8, 4) is 0 Å². The van der Waals surface area contributed by atoms with Gasteiger partial charge in [-0.1, -0.05) is 6.08 Å². The molecular weight excluding hydrogens is 368 g/mol. The third-order valence-electron chi connectivity index (χ3n) is 2.56. The van der Waals surface area contributed by atoms with Gasteiger partial charge in [0.1, 0.15) is 5.60 Å². The molecule has 23 heavy (non-hydrogen) atoms. The smallest absolute Gasteiger partial charge is 0.417 e. The van der Waals surface area contributed by atoms with Crippen molar-refractivity contribution in [3.63, 3.8) is 0 Å². The van der Waals surface area contributed by atoms with Crippen LogP contribution in [0.15, 0.2) is 35.3 Å². The van der Waals surface area contributed by atoms with Gasteiger partial charge in [0.2, 0.25) is 0 Å². The van der Waals surface area contributed by atoms with Gasteiger partial charge in [-0.3, -0.25) is 14.9 Å². The van der Waals surface area contributed by atoms with Crippen LogP contribution in [0.3, 0.4) is 0 Å². The first kappa shape index (κ1) is 18.8. The van der Waals surface area contributed by atoms with Crippen LogP contribution in [0.4, 0.5) is 10.5 Å². The lowest BCUT2D eigenvalue weighted by molar-refractivity contribution is -0.384. The monoisotopic (exact) mass is 384 g/mol. The summed E-state index contributed by atoms with van der Waals surface area (Å²) >= 11 is 3.12. The number of amides is 2. The molecule has 0 bridgehead atoms. The summed E-state index contributed by atoms with van der Waals surface area (Å²) < 4.78 is 5.41. The number of ether oxygens (including phenoxy) is 1. The molecule has 0 heterocycles. The molecule has 124 valence electrons. The largest absolute Gasteiger partial charge is 0.443 e. The number of imide groups is 1. The summed E-state index contributed by atoms with van der Waals surface area (Å²) in [6, 6.07) is 3.68. The number of nitrogens with zero attached hydrogens (tertiary/aromatic N) is 2. The Labute approximate surface area is 142 Å². The Morgan fingerprint density at radius 3 is 2.48 bits per heavy atom. The van der Waals surface area contributed by atoms with Gasteiger partial charge in [-0.15, -0.1) is 6.58 Å². The predicted octanol–water partition coefficient (Wildman–Crippen LogP) is 3.92. The minimum atomic E-state index is -0.812. The van der Waals surface area contributed by atoms with E-state index >= 15 is 0 Å². The van der Waals surface area contributed by atoms with E-state index in [1.165, 1.54) is 24.3 Å². The molecule has 8 heteroatoms. The van der Waals surface area contributed by atoms with Crippen molar-refractivity contribution in [1.82, 2.24) is 4.90 Å². The fraction of sp³-hybridized carbons (Fsp3) is 0.333. The summed E-state index contributed by atoms with van der Waals surface area (Å²) in [4.78, 5) is 35.7. The van der Waals surface area contributed by atoms with Crippen molar-refractivity contribution in [3.05, 3.63) is 51.0 Å². The summed E-state index contributed by atoms with van der Waals surface area (Å²) in [5, 5.41) is 10.7. The van der Waals surface area contributed by atoms with Gasteiger partial charge in [-0.2, -0.15) is 0 Å². The standard InChI is InChI=1S/C15H17BrN2O5/c1-5-8-17(14(20)23-15(2,3)4)13(19)11-7-6-10(18(21)22)9-12(11)16/h5-7,9H,1,8H2,2-4H3. The van der Waals surface area contributed by atoms with Crippen LogP contribution in [-0.4, -0.2) is 34.0 Å².